The first-order valence-electron chi connectivity index (χ1n) is 6.77. The van der Waals surface area contributed by atoms with Gasteiger partial charge in [-0.05, 0) is 35.7 Å². The quantitative estimate of drug-likeness (QED) is 0.858. The molecule has 0 bridgehead atoms. The summed E-state index contributed by atoms with van der Waals surface area (Å²) in [7, 11) is 3.10. The molecule has 2 aromatic rings. The fourth-order valence-corrected chi connectivity index (χ4v) is 2.29. The minimum Gasteiger partial charge on any atom is -0.508 e. The maximum absolute atomic E-state index is 11.6. The maximum atomic E-state index is 11.6. The number of methoxy groups -OCH3 is 2. The molecule has 22 heavy (non-hydrogen) atoms. The highest BCUT2D eigenvalue weighted by Gasteiger charge is 2.22. The van der Waals surface area contributed by atoms with Gasteiger partial charge in [-0.2, -0.15) is 0 Å². The van der Waals surface area contributed by atoms with Crippen molar-refractivity contribution in [1.29, 1.82) is 0 Å². The Bertz CT molecular complexity index is 649. The van der Waals surface area contributed by atoms with Gasteiger partial charge in [-0.15, -0.1) is 0 Å². The van der Waals surface area contributed by atoms with Gasteiger partial charge in [0.15, 0.2) is 0 Å². The Morgan fingerprint density at radius 1 is 1.09 bits per heavy atom. The van der Waals surface area contributed by atoms with E-state index in [4.69, 9.17) is 9.47 Å². The molecule has 5 nitrogen and oxygen atoms in total. The highest BCUT2D eigenvalue weighted by atomic mass is 16.5. The molecule has 5 heteroatoms. The Labute approximate surface area is 128 Å². The molecule has 0 aliphatic rings. The van der Waals surface area contributed by atoms with Gasteiger partial charge in [-0.1, -0.05) is 18.2 Å². The average Bonchev–Trinajstić information content (AvgIpc) is 2.53. The summed E-state index contributed by atoms with van der Waals surface area (Å²) in [6, 6.07) is 11.5. The van der Waals surface area contributed by atoms with Crippen molar-refractivity contribution >= 4 is 5.97 Å². The lowest BCUT2D eigenvalue weighted by Gasteiger charge is -2.16. The number of hydrogen-bond donors (Lipinski definition) is 2. The standard InChI is InChI=1S/C17H18O5/c1-21-14-8-5-12(16(10-14)22-2)9-15(17(19)20)11-3-6-13(18)7-4-11/h3-8,10,15,18H,9H2,1-2H3,(H,19,20). The summed E-state index contributed by atoms with van der Waals surface area (Å²) in [4.78, 5) is 11.6. The Kier molecular flexibility index (Phi) is 4.88. The van der Waals surface area contributed by atoms with Crippen molar-refractivity contribution in [1.82, 2.24) is 0 Å². The molecule has 0 aromatic heterocycles. The SMILES string of the molecule is COc1ccc(CC(C(=O)O)c2ccc(O)cc2)c(OC)c1. The number of carbonyl (C=O) groups is 1. The first-order chi connectivity index (χ1) is 10.5. The van der Waals surface area contributed by atoms with Gasteiger partial charge < -0.3 is 19.7 Å². The van der Waals surface area contributed by atoms with Crippen LogP contribution in [0.3, 0.4) is 0 Å². The zero-order chi connectivity index (χ0) is 16.1. The van der Waals surface area contributed by atoms with Crippen molar-refractivity contribution in [2.24, 2.45) is 0 Å². The van der Waals surface area contributed by atoms with Gasteiger partial charge >= 0.3 is 5.97 Å². The van der Waals surface area contributed by atoms with E-state index in [9.17, 15) is 15.0 Å². The van der Waals surface area contributed by atoms with E-state index in [1.165, 1.54) is 19.2 Å². The lowest BCUT2D eigenvalue weighted by Crippen LogP contribution is -2.15. The van der Waals surface area contributed by atoms with E-state index in [1.54, 1.807) is 37.4 Å². The summed E-state index contributed by atoms with van der Waals surface area (Å²) in [6.07, 6.45) is 0.285. The summed E-state index contributed by atoms with van der Waals surface area (Å²) in [5, 5.41) is 18.8. The third-order valence-corrected chi connectivity index (χ3v) is 3.51. The monoisotopic (exact) mass is 302 g/mol. The predicted octanol–water partition coefficient (Wildman–Crippen LogP) is 2.82. The largest absolute Gasteiger partial charge is 0.508 e. The number of aliphatic carboxylic acids is 1. The molecule has 0 spiro atoms. The maximum Gasteiger partial charge on any atom is 0.311 e. The number of carboxylic acid groups (broad SMARTS) is 1. The van der Waals surface area contributed by atoms with Crippen LogP contribution in [0.25, 0.3) is 0 Å². The zero-order valence-corrected chi connectivity index (χ0v) is 12.4. The van der Waals surface area contributed by atoms with Crippen molar-refractivity contribution in [2.45, 2.75) is 12.3 Å². The van der Waals surface area contributed by atoms with Crippen LogP contribution in [-0.4, -0.2) is 30.4 Å². The van der Waals surface area contributed by atoms with E-state index in [0.29, 0.717) is 17.1 Å². The van der Waals surface area contributed by atoms with Crippen LogP contribution in [0.5, 0.6) is 17.2 Å². The van der Waals surface area contributed by atoms with Gasteiger partial charge in [-0.3, -0.25) is 4.79 Å². The molecule has 1 atom stereocenters. The lowest BCUT2D eigenvalue weighted by atomic mass is 9.91. The van der Waals surface area contributed by atoms with E-state index in [1.807, 2.05) is 0 Å². The molecule has 2 N–H and O–H groups in total. The second kappa shape index (κ2) is 6.85. The average molecular weight is 302 g/mol. The van der Waals surface area contributed by atoms with E-state index < -0.39 is 11.9 Å². The number of hydrogen-bond acceptors (Lipinski definition) is 4. The van der Waals surface area contributed by atoms with E-state index in [0.717, 1.165) is 5.56 Å². The zero-order valence-electron chi connectivity index (χ0n) is 12.4. The Hall–Kier alpha value is -2.69. The number of aromatic hydroxyl groups is 1. The molecule has 2 rings (SSSR count). The molecule has 0 aliphatic heterocycles. The summed E-state index contributed by atoms with van der Waals surface area (Å²) in [6.45, 7) is 0. The molecule has 0 saturated carbocycles. The first-order valence-corrected chi connectivity index (χ1v) is 6.77. The van der Waals surface area contributed by atoms with Crippen LogP contribution in [0.1, 0.15) is 17.0 Å². The second-order valence-electron chi connectivity index (χ2n) is 4.86. The smallest absolute Gasteiger partial charge is 0.311 e. The van der Waals surface area contributed by atoms with Crippen molar-refractivity contribution in [3.63, 3.8) is 0 Å². The molecule has 0 heterocycles. The molecule has 0 radical (unpaired) electrons. The van der Waals surface area contributed by atoms with Crippen molar-refractivity contribution in [3.05, 3.63) is 53.6 Å². The molecule has 2 aromatic carbocycles. The van der Waals surface area contributed by atoms with Crippen LogP contribution in [0.4, 0.5) is 0 Å². The van der Waals surface area contributed by atoms with Crippen molar-refractivity contribution < 1.29 is 24.5 Å². The van der Waals surface area contributed by atoms with E-state index >= 15 is 0 Å². The van der Waals surface area contributed by atoms with Gasteiger partial charge in [0.1, 0.15) is 17.2 Å². The molecular formula is C17H18O5. The second-order valence-corrected chi connectivity index (χ2v) is 4.86. The molecular weight excluding hydrogens is 284 g/mol. The Morgan fingerprint density at radius 2 is 1.77 bits per heavy atom. The van der Waals surface area contributed by atoms with Crippen LogP contribution in [0.15, 0.2) is 42.5 Å². The highest BCUT2D eigenvalue weighted by Crippen LogP contribution is 2.30. The van der Waals surface area contributed by atoms with Gasteiger partial charge in [0.2, 0.25) is 0 Å². The lowest BCUT2D eigenvalue weighted by molar-refractivity contribution is -0.138. The van der Waals surface area contributed by atoms with Gasteiger partial charge in [0, 0.05) is 6.07 Å². The summed E-state index contributed by atoms with van der Waals surface area (Å²) >= 11 is 0. The molecule has 0 saturated heterocycles. The normalized spacial score (nSPS) is 11.7. The molecule has 0 amide bonds. The number of phenolic OH excluding ortho intramolecular Hbond substituents is 1. The van der Waals surface area contributed by atoms with Gasteiger partial charge in [-0.25, -0.2) is 0 Å². The topological polar surface area (TPSA) is 76.0 Å². The molecule has 1 unspecified atom stereocenters. The number of benzene rings is 2. The highest BCUT2D eigenvalue weighted by molar-refractivity contribution is 5.76. The number of rotatable bonds is 6. The first kappa shape index (κ1) is 15.7. The third kappa shape index (κ3) is 3.49. The molecule has 116 valence electrons. The minimum absolute atomic E-state index is 0.106. The molecule has 0 fully saturated rings. The number of ether oxygens (including phenoxy) is 2. The predicted molar refractivity (Wildman–Crippen MR) is 81.7 cm³/mol. The van der Waals surface area contributed by atoms with Crippen LogP contribution >= 0.6 is 0 Å². The fourth-order valence-electron chi connectivity index (χ4n) is 2.29. The van der Waals surface area contributed by atoms with Gasteiger partial charge in [0.25, 0.3) is 0 Å². The van der Waals surface area contributed by atoms with E-state index in [-0.39, 0.29) is 12.2 Å². The van der Waals surface area contributed by atoms with Crippen LogP contribution in [-0.2, 0) is 11.2 Å². The van der Waals surface area contributed by atoms with Crippen molar-refractivity contribution in [2.75, 3.05) is 14.2 Å². The Morgan fingerprint density at radius 3 is 2.32 bits per heavy atom. The van der Waals surface area contributed by atoms with Crippen LogP contribution < -0.4 is 9.47 Å². The van der Waals surface area contributed by atoms with Crippen molar-refractivity contribution in [3.8, 4) is 17.2 Å². The van der Waals surface area contributed by atoms with E-state index in [2.05, 4.69) is 0 Å². The van der Waals surface area contributed by atoms with Crippen LogP contribution in [0.2, 0.25) is 0 Å². The minimum atomic E-state index is -0.927. The third-order valence-electron chi connectivity index (χ3n) is 3.51. The summed E-state index contributed by atoms with van der Waals surface area (Å²) in [5.74, 6) is -0.303. The summed E-state index contributed by atoms with van der Waals surface area (Å²) < 4.78 is 10.4. The fraction of sp³-hybridized carbons (Fsp3) is 0.235. The number of carboxylic acids is 1. The Balaban J connectivity index is 2.32. The molecule has 0 aliphatic carbocycles. The van der Waals surface area contributed by atoms with Gasteiger partial charge in [0.05, 0.1) is 20.1 Å². The van der Waals surface area contributed by atoms with Crippen LogP contribution in [0, 0.1) is 0 Å². The number of phenols is 1. The summed E-state index contributed by atoms with van der Waals surface area (Å²) in [5.41, 5.74) is 1.41.